The van der Waals surface area contributed by atoms with Crippen molar-refractivity contribution in [2.24, 2.45) is 5.92 Å². The highest BCUT2D eigenvalue weighted by molar-refractivity contribution is 5.75. The second kappa shape index (κ2) is 8.45. The third-order valence-corrected chi connectivity index (χ3v) is 5.23. The third-order valence-electron chi connectivity index (χ3n) is 5.23. The number of nitrogens with zero attached hydrogens (tertiary/aromatic N) is 1. The number of piperidine rings is 1. The van der Waals surface area contributed by atoms with Crippen LogP contribution in [-0.4, -0.2) is 61.3 Å². The molecule has 0 radical (unpaired) electrons. The van der Waals surface area contributed by atoms with E-state index in [1.165, 1.54) is 12.8 Å². The number of ether oxygens (including phenoxy) is 1. The van der Waals surface area contributed by atoms with Gasteiger partial charge in [0.15, 0.2) is 0 Å². The van der Waals surface area contributed by atoms with Gasteiger partial charge in [0.25, 0.3) is 0 Å². The van der Waals surface area contributed by atoms with Crippen LogP contribution in [0.1, 0.15) is 53.4 Å². The fraction of sp³-hybridized carbons (Fsp3) is 0.944. The molecule has 2 unspecified atom stereocenters. The number of hydrogen-bond donors (Lipinski definition) is 2. The van der Waals surface area contributed by atoms with Crippen LogP contribution >= 0.6 is 0 Å². The number of carbonyl (C=O) groups excluding carboxylic acids is 1. The van der Waals surface area contributed by atoms with Gasteiger partial charge in [-0.15, -0.1) is 0 Å². The molecule has 0 bridgehead atoms. The van der Waals surface area contributed by atoms with Crippen LogP contribution in [0.4, 0.5) is 0 Å². The average molecular weight is 325 g/mol. The van der Waals surface area contributed by atoms with Gasteiger partial charge < -0.3 is 15.4 Å². The van der Waals surface area contributed by atoms with E-state index >= 15 is 0 Å². The molecule has 0 spiro atoms. The van der Waals surface area contributed by atoms with Gasteiger partial charge in [-0.2, -0.15) is 0 Å². The van der Waals surface area contributed by atoms with E-state index in [1.54, 1.807) is 0 Å². The summed E-state index contributed by atoms with van der Waals surface area (Å²) in [5, 5.41) is 6.53. The van der Waals surface area contributed by atoms with Gasteiger partial charge in [-0.25, -0.2) is 0 Å². The molecule has 2 saturated heterocycles. The van der Waals surface area contributed by atoms with Crippen molar-refractivity contribution in [3.63, 3.8) is 0 Å². The van der Waals surface area contributed by atoms with Crippen LogP contribution in [0, 0.1) is 5.92 Å². The minimum Gasteiger partial charge on any atom is -0.373 e. The van der Waals surface area contributed by atoms with Crippen molar-refractivity contribution in [1.29, 1.82) is 0 Å². The molecule has 2 aliphatic heterocycles. The predicted molar refractivity (Wildman–Crippen MR) is 93.5 cm³/mol. The van der Waals surface area contributed by atoms with E-state index in [4.69, 9.17) is 4.74 Å². The Morgan fingerprint density at radius 1 is 1.22 bits per heavy atom. The molecule has 2 rings (SSSR count). The van der Waals surface area contributed by atoms with E-state index < -0.39 is 0 Å². The molecular formula is C18H35N3O2. The Balaban J connectivity index is 1.71. The lowest BCUT2D eigenvalue weighted by Gasteiger charge is -2.45. The molecule has 134 valence electrons. The summed E-state index contributed by atoms with van der Waals surface area (Å²) in [4.78, 5) is 14.6. The van der Waals surface area contributed by atoms with E-state index in [2.05, 4.69) is 43.2 Å². The highest BCUT2D eigenvalue weighted by atomic mass is 16.5. The number of carbonyl (C=O) groups is 1. The molecule has 0 saturated carbocycles. The molecule has 0 aromatic rings. The zero-order valence-electron chi connectivity index (χ0n) is 15.4. The summed E-state index contributed by atoms with van der Waals surface area (Å²) in [5.74, 6) is 0.918. The minimum absolute atomic E-state index is 0.0310. The molecule has 5 heteroatoms. The lowest BCUT2D eigenvalue weighted by molar-refractivity contribution is -0.123. The summed E-state index contributed by atoms with van der Waals surface area (Å²) >= 11 is 0. The molecule has 2 fully saturated rings. The first-order valence-electron chi connectivity index (χ1n) is 9.25. The van der Waals surface area contributed by atoms with Gasteiger partial charge in [0.1, 0.15) is 0 Å². The molecule has 2 N–H and O–H groups in total. The zero-order valence-corrected chi connectivity index (χ0v) is 15.4. The number of hydrogen-bond acceptors (Lipinski definition) is 4. The Hall–Kier alpha value is -0.650. The highest BCUT2D eigenvalue weighted by Crippen LogP contribution is 2.21. The maximum Gasteiger partial charge on any atom is 0.220 e. The maximum atomic E-state index is 12.2. The van der Waals surface area contributed by atoms with Crippen LogP contribution in [0.5, 0.6) is 0 Å². The van der Waals surface area contributed by atoms with Gasteiger partial charge in [0.05, 0.1) is 12.2 Å². The number of amides is 1. The van der Waals surface area contributed by atoms with E-state index in [1.807, 2.05) is 0 Å². The summed E-state index contributed by atoms with van der Waals surface area (Å²) in [7, 11) is 0. The van der Waals surface area contributed by atoms with Crippen molar-refractivity contribution in [3.05, 3.63) is 0 Å². The van der Waals surface area contributed by atoms with Crippen molar-refractivity contribution in [2.45, 2.75) is 71.1 Å². The maximum absolute atomic E-state index is 12.2. The topological polar surface area (TPSA) is 53.6 Å². The third kappa shape index (κ3) is 6.05. The summed E-state index contributed by atoms with van der Waals surface area (Å²) < 4.78 is 5.81. The molecule has 0 aromatic heterocycles. The van der Waals surface area contributed by atoms with Crippen LogP contribution in [-0.2, 0) is 9.53 Å². The van der Waals surface area contributed by atoms with Crippen LogP contribution in [0.2, 0.25) is 0 Å². The smallest absolute Gasteiger partial charge is 0.220 e. The van der Waals surface area contributed by atoms with Crippen molar-refractivity contribution in [2.75, 3.05) is 32.7 Å². The first kappa shape index (κ1) is 18.7. The molecule has 23 heavy (non-hydrogen) atoms. The number of morpholine rings is 1. The average Bonchev–Trinajstić information content (AvgIpc) is 2.51. The van der Waals surface area contributed by atoms with Crippen LogP contribution in [0.25, 0.3) is 0 Å². The van der Waals surface area contributed by atoms with Crippen molar-refractivity contribution < 1.29 is 9.53 Å². The van der Waals surface area contributed by atoms with E-state index in [9.17, 15) is 4.79 Å². The highest BCUT2D eigenvalue weighted by Gasteiger charge is 2.33. The van der Waals surface area contributed by atoms with Gasteiger partial charge >= 0.3 is 0 Å². The van der Waals surface area contributed by atoms with Crippen molar-refractivity contribution >= 4 is 5.91 Å². The normalized spacial score (nSPS) is 27.8. The van der Waals surface area contributed by atoms with Gasteiger partial charge in [-0.3, -0.25) is 9.69 Å². The van der Waals surface area contributed by atoms with E-state index in [0.29, 0.717) is 13.0 Å². The monoisotopic (exact) mass is 325 g/mol. The summed E-state index contributed by atoms with van der Waals surface area (Å²) in [6, 6.07) is 0. The summed E-state index contributed by atoms with van der Waals surface area (Å²) in [5.41, 5.74) is -0.0310. The van der Waals surface area contributed by atoms with Gasteiger partial charge in [0, 0.05) is 31.6 Å². The molecule has 2 heterocycles. The largest absolute Gasteiger partial charge is 0.373 e. The Bertz CT molecular complexity index is 370. The lowest BCUT2D eigenvalue weighted by Crippen LogP contribution is -2.58. The van der Waals surface area contributed by atoms with Gasteiger partial charge in [0.2, 0.25) is 5.91 Å². The first-order chi connectivity index (χ1) is 10.9. The molecule has 2 aliphatic rings. The molecule has 1 amide bonds. The predicted octanol–water partition coefficient (Wildman–Crippen LogP) is 1.77. The van der Waals surface area contributed by atoms with Crippen molar-refractivity contribution in [1.82, 2.24) is 15.5 Å². The fourth-order valence-corrected chi connectivity index (χ4v) is 3.69. The molecule has 5 nitrogen and oxygen atoms in total. The quantitative estimate of drug-likeness (QED) is 0.781. The Morgan fingerprint density at radius 2 is 1.83 bits per heavy atom. The summed E-state index contributed by atoms with van der Waals surface area (Å²) in [6.45, 7) is 13.4. The summed E-state index contributed by atoms with van der Waals surface area (Å²) in [6.07, 6.45) is 4.63. The van der Waals surface area contributed by atoms with Crippen LogP contribution in [0.3, 0.4) is 0 Å². The zero-order chi connectivity index (χ0) is 16.9. The second-order valence-corrected chi connectivity index (χ2v) is 7.98. The van der Waals surface area contributed by atoms with Gasteiger partial charge in [-0.05, 0) is 66.0 Å². The standard InChI is InChI=1S/C18H35N3O2/c1-14-11-21(12-15(2)23-14)18(3,4)13-20-17(22)6-5-16-7-9-19-10-8-16/h14-16,19H,5-13H2,1-4H3,(H,20,22). The minimum atomic E-state index is -0.0310. The van der Waals surface area contributed by atoms with E-state index in [-0.39, 0.29) is 23.7 Å². The Morgan fingerprint density at radius 3 is 2.43 bits per heavy atom. The Labute approximate surface area is 141 Å². The van der Waals surface area contributed by atoms with Gasteiger partial charge in [-0.1, -0.05) is 0 Å². The molecule has 2 atom stereocenters. The first-order valence-corrected chi connectivity index (χ1v) is 9.25. The fourth-order valence-electron chi connectivity index (χ4n) is 3.69. The SMILES string of the molecule is CC1CN(C(C)(C)CNC(=O)CCC2CCNCC2)CC(C)O1. The van der Waals surface area contributed by atoms with Crippen LogP contribution in [0.15, 0.2) is 0 Å². The van der Waals surface area contributed by atoms with Crippen LogP contribution < -0.4 is 10.6 Å². The molecule has 0 aliphatic carbocycles. The Kier molecular flexibility index (Phi) is 6.86. The molecule has 0 aromatic carbocycles. The molecular weight excluding hydrogens is 290 g/mol. The van der Waals surface area contributed by atoms with Crippen molar-refractivity contribution in [3.8, 4) is 0 Å². The second-order valence-electron chi connectivity index (χ2n) is 7.98. The van der Waals surface area contributed by atoms with E-state index in [0.717, 1.165) is 38.5 Å². The number of rotatable bonds is 6. The number of nitrogens with one attached hydrogen (secondary N) is 2. The lowest BCUT2D eigenvalue weighted by atomic mass is 9.93.